The number of benzene rings is 8. The molecule has 660 valence electrons. The fourth-order valence-electron chi connectivity index (χ4n) is 11.8. The summed E-state index contributed by atoms with van der Waals surface area (Å²) in [5.74, 6) is -0.585. The van der Waals surface area contributed by atoms with E-state index in [1.165, 1.54) is 24.8 Å². The normalized spacial score (nSPS) is 12.2. The molecule has 0 aliphatic heterocycles. The number of aryl methyl sites for hydroxylation is 4. The molecule has 0 bridgehead atoms. The van der Waals surface area contributed by atoms with Gasteiger partial charge in [-0.3, -0.25) is 15.0 Å². The molecule has 4 radical (unpaired) electrons. The Kier molecular flexibility index (Phi) is 34.3. The first kappa shape index (κ1) is 81.2. The molecule has 132 heavy (non-hydrogen) atoms. The third kappa shape index (κ3) is 32.9. The maximum absolute atomic E-state index is 8.25. The van der Waals surface area contributed by atoms with Crippen LogP contribution < -0.4 is 0 Å². The van der Waals surface area contributed by atoms with E-state index in [9.17, 15) is 0 Å². The SMILES string of the molecule is [2H]C(C)(C)C([2H])([2H])c1cccc(-c2ccnc(-c3[c-]cccc3)c2)n1.[2H]C([2H])([2H])c1ccc(-c2[c-]cccc2)nc1.[2H]C([2H])([2H])c1ccc(-c2[c-]cccc2)nc1.[2H]C([2H])([2H])c1ccc(-c2[c-]cccc2)nc1.[2H]C([2H])([2H])c1ccc(-c2[c-]cccc2)nc1.[Ir].[Ir].[Ir].[Ir].[c-]1ccccc1-c1cc(-c2ccncn2)ccn1.[c-]1ccccc1-c1cc(-c2cnccn2)ccn1.[c-]1ccccc1-c1cc(-c2ncccn2)ccn1. The molecule has 0 unspecified atom stereocenters. The molecule has 0 spiro atoms. The Morgan fingerprint density at radius 2 is 0.576 bits per heavy atom. The smallest absolute Gasteiger partial charge is 0.158 e. The van der Waals surface area contributed by atoms with Crippen molar-refractivity contribution in [2.45, 2.75) is 47.6 Å². The van der Waals surface area contributed by atoms with Gasteiger partial charge in [0.15, 0.2) is 5.82 Å². The first-order chi connectivity index (χ1) is 68.9. The van der Waals surface area contributed by atoms with Crippen molar-refractivity contribution < 1.29 is 101 Å². The van der Waals surface area contributed by atoms with Gasteiger partial charge in [-0.15, -0.1) is 287 Å². The Bertz CT molecular complexity index is 6450. The predicted octanol–water partition coefficient (Wildman–Crippen LogP) is 25.2. The molecule has 12 aromatic heterocycles. The summed E-state index contributed by atoms with van der Waals surface area (Å²) in [6, 6.07) is 123. The summed E-state index contributed by atoms with van der Waals surface area (Å²) in [6.45, 7) is -5.26. The molecular formula is C113H89Ir4N15-8. The predicted molar refractivity (Wildman–Crippen MR) is 512 cm³/mol. The molecule has 0 saturated carbocycles. The van der Waals surface area contributed by atoms with Crippen molar-refractivity contribution in [3.63, 3.8) is 0 Å². The van der Waals surface area contributed by atoms with E-state index >= 15 is 0 Å². The van der Waals surface area contributed by atoms with Crippen LogP contribution in [0.25, 0.3) is 135 Å². The van der Waals surface area contributed by atoms with Crippen LogP contribution in [0, 0.1) is 81.8 Å². The van der Waals surface area contributed by atoms with Crippen LogP contribution in [0.2, 0.25) is 0 Å². The summed E-state index contributed by atoms with van der Waals surface area (Å²) in [5.41, 5.74) is 21.1. The summed E-state index contributed by atoms with van der Waals surface area (Å²) in [5, 5.41) is 0. The Morgan fingerprint density at radius 3 is 0.871 bits per heavy atom. The van der Waals surface area contributed by atoms with E-state index in [1.54, 1.807) is 173 Å². The minimum Gasteiger partial charge on any atom is -0.305 e. The van der Waals surface area contributed by atoms with Gasteiger partial charge in [0, 0.05) is 193 Å². The van der Waals surface area contributed by atoms with E-state index in [2.05, 4.69) is 123 Å². The van der Waals surface area contributed by atoms with Gasteiger partial charge < -0.3 is 39.9 Å². The van der Waals surface area contributed by atoms with Gasteiger partial charge in [0.05, 0.1) is 23.3 Å². The zero-order valence-corrected chi connectivity index (χ0v) is 80.4. The second-order valence-electron chi connectivity index (χ2n) is 27.4. The summed E-state index contributed by atoms with van der Waals surface area (Å²) in [4.78, 5) is 63.4. The van der Waals surface area contributed by atoms with Crippen LogP contribution in [0.15, 0.2) is 415 Å². The second kappa shape index (κ2) is 55.7. The molecule has 15 nitrogen and oxygen atoms in total. The van der Waals surface area contributed by atoms with Gasteiger partial charge in [-0.25, -0.2) is 19.9 Å². The monoisotopic (exact) mass is 2440 g/mol. The molecule has 0 saturated heterocycles. The van der Waals surface area contributed by atoms with Crippen molar-refractivity contribution in [2.24, 2.45) is 5.89 Å². The maximum atomic E-state index is 8.25. The number of hydrogen-bond acceptors (Lipinski definition) is 15. The van der Waals surface area contributed by atoms with E-state index in [1.807, 2.05) is 231 Å². The van der Waals surface area contributed by atoms with Gasteiger partial charge in [0.1, 0.15) is 6.33 Å². The molecule has 19 heteroatoms. The van der Waals surface area contributed by atoms with Gasteiger partial charge in [-0.2, -0.15) is 0 Å². The standard InChI is InChI=1S/C20H19N2.3C15H10N3.4C12H10N.4Ir/c1-15(2)13-18-9-6-10-19(22-18)17-11-12-21-20(14-17)16-7-4-3-5-8-16;1-2-5-12(6-3-1)14-11-13(7-10-16-14)15-17-8-4-9-18-15;1-2-4-12(5-3-1)15-10-13(6-9-17-15)14-7-8-16-11-18-14;1-2-4-12(5-3-1)14-10-13(6-7-17-14)15-11-16-8-9-18-15;4*1-10-7-8-12(13-9-10)11-5-3-2-4-6-11;;;;/h3-7,9-12,14-15H,13H2,1-2H3;1-5,7-11H;2*1-4,6-11H;4*2-5,7-9H,1H3;;;;/q8*-1;;;;/i13D2,15D;;;;4*1D3;;;;. The van der Waals surface area contributed by atoms with Crippen molar-refractivity contribution >= 4 is 0 Å². The van der Waals surface area contributed by atoms with Crippen LogP contribution in [0.3, 0.4) is 0 Å². The van der Waals surface area contributed by atoms with Crippen LogP contribution in [0.5, 0.6) is 0 Å². The van der Waals surface area contributed by atoms with Gasteiger partial charge in [-0.1, -0.05) is 92.7 Å². The Hall–Kier alpha value is -14.1. The van der Waals surface area contributed by atoms with Crippen LogP contribution in [-0.2, 0) is 86.8 Å². The minimum atomic E-state index is -2.09. The largest absolute Gasteiger partial charge is 0.305 e. The molecule has 8 aromatic carbocycles. The van der Waals surface area contributed by atoms with Crippen LogP contribution in [-0.4, -0.2) is 74.8 Å². The molecule has 20 rings (SSSR count). The minimum absolute atomic E-state index is 0. The number of aromatic nitrogens is 15. The van der Waals surface area contributed by atoms with Crippen molar-refractivity contribution in [1.82, 2.24) is 74.8 Å². The van der Waals surface area contributed by atoms with Crippen LogP contribution in [0.4, 0.5) is 0 Å². The Labute approximate surface area is 849 Å². The second-order valence-corrected chi connectivity index (χ2v) is 27.4. The average Bonchev–Trinajstić information content (AvgIpc) is 0.744. The third-order valence-corrected chi connectivity index (χ3v) is 18.0. The van der Waals surface area contributed by atoms with Gasteiger partial charge in [0.25, 0.3) is 0 Å². The molecule has 20 aromatic rings. The van der Waals surface area contributed by atoms with Crippen LogP contribution >= 0.6 is 0 Å². The molecule has 0 N–H and O–H groups in total. The number of pyridine rings is 9. The molecule has 0 aliphatic carbocycles. The molecular weight excluding hydrogens is 2340 g/mol. The summed E-state index contributed by atoms with van der Waals surface area (Å²) >= 11 is 0. The quantitative estimate of drug-likeness (QED) is 0.0933. The molecule has 0 fully saturated rings. The number of rotatable bonds is 14. The molecule has 0 aliphatic rings. The van der Waals surface area contributed by atoms with E-state index in [4.69, 9.17) is 20.6 Å². The summed E-state index contributed by atoms with van der Waals surface area (Å²) in [7, 11) is 0. The van der Waals surface area contributed by atoms with Crippen molar-refractivity contribution in [3.05, 3.63) is 491 Å². The van der Waals surface area contributed by atoms with Gasteiger partial charge in [-0.05, 0) is 173 Å². The van der Waals surface area contributed by atoms with Crippen molar-refractivity contribution in [1.29, 1.82) is 0 Å². The van der Waals surface area contributed by atoms with E-state index < -0.39 is 39.7 Å². The number of nitrogens with zero attached hydrogens (tertiary/aromatic N) is 15. The van der Waals surface area contributed by atoms with Crippen LogP contribution in [0.1, 0.15) is 62.4 Å². The fraction of sp³-hybridized carbons (Fsp3) is 0.0708. The zero-order chi connectivity index (χ0) is 101. The van der Waals surface area contributed by atoms with E-state index in [-0.39, 0.29) is 108 Å². The van der Waals surface area contributed by atoms with Crippen molar-refractivity contribution in [2.75, 3.05) is 0 Å². The average molecular weight is 2440 g/mol. The molecule has 0 atom stereocenters. The first-order valence-electron chi connectivity index (χ1n) is 47.6. The first-order valence-corrected chi connectivity index (χ1v) is 40.1. The maximum Gasteiger partial charge on any atom is 0.158 e. The molecule has 0 amide bonds. The fourth-order valence-corrected chi connectivity index (χ4v) is 11.8. The van der Waals surface area contributed by atoms with E-state index in [0.717, 1.165) is 124 Å². The molecule has 12 heterocycles. The van der Waals surface area contributed by atoms with E-state index in [0.29, 0.717) is 11.5 Å². The van der Waals surface area contributed by atoms with Crippen molar-refractivity contribution in [3.8, 4) is 135 Å². The third-order valence-electron chi connectivity index (χ3n) is 18.0. The number of hydrogen-bond donors (Lipinski definition) is 0. The topological polar surface area (TPSA) is 193 Å². The van der Waals surface area contributed by atoms with Gasteiger partial charge in [0.2, 0.25) is 0 Å². The van der Waals surface area contributed by atoms with Gasteiger partial charge >= 0.3 is 0 Å². The summed E-state index contributed by atoms with van der Waals surface area (Å²) < 4.78 is 111. The zero-order valence-electron chi connectivity index (χ0n) is 85.8. The Morgan fingerprint density at radius 1 is 0.250 bits per heavy atom. The Balaban J connectivity index is 0.000000187. The summed E-state index contributed by atoms with van der Waals surface area (Å²) in [6.07, 6.45) is 22.6.